The van der Waals surface area contributed by atoms with Gasteiger partial charge in [0, 0.05) is 13.1 Å². The minimum atomic E-state index is 0.660. The van der Waals surface area contributed by atoms with Crippen LogP contribution in [0.2, 0.25) is 5.02 Å². The van der Waals surface area contributed by atoms with Crippen LogP contribution in [0, 0.1) is 18.8 Å². The molecule has 0 spiro atoms. The van der Waals surface area contributed by atoms with Crippen molar-refractivity contribution >= 4 is 11.6 Å². The highest BCUT2D eigenvalue weighted by Crippen LogP contribution is 2.35. The third kappa shape index (κ3) is 2.36. The lowest BCUT2D eigenvalue weighted by molar-refractivity contribution is 0.358. The van der Waals surface area contributed by atoms with Gasteiger partial charge in [0.25, 0.3) is 0 Å². The van der Waals surface area contributed by atoms with E-state index in [0.717, 1.165) is 23.1 Å². The number of nitrogens with one attached hydrogen (secondary N) is 1. The van der Waals surface area contributed by atoms with Crippen LogP contribution in [0.5, 0.6) is 0 Å². The number of aromatic nitrogens is 2. The molecule has 1 N–H and O–H groups in total. The Kier molecular flexibility index (Phi) is 3.79. The predicted molar refractivity (Wildman–Crippen MR) is 71.4 cm³/mol. The molecule has 2 rings (SSSR count). The first-order chi connectivity index (χ1) is 8.04. The highest BCUT2D eigenvalue weighted by Gasteiger charge is 2.32. The van der Waals surface area contributed by atoms with Crippen LogP contribution < -0.4 is 5.32 Å². The van der Waals surface area contributed by atoms with Crippen molar-refractivity contribution in [2.24, 2.45) is 18.9 Å². The summed E-state index contributed by atoms with van der Waals surface area (Å²) in [5.41, 5.74) is 2.14. The van der Waals surface area contributed by atoms with Crippen molar-refractivity contribution in [1.82, 2.24) is 15.1 Å². The summed E-state index contributed by atoms with van der Waals surface area (Å²) in [5.74, 6) is 1.44. The Hall–Kier alpha value is -0.540. The fourth-order valence-corrected chi connectivity index (χ4v) is 3.33. The van der Waals surface area contributed by atoms with Gasteiger partial charge in [-0.2, -0.15) is 5.10 Å². The SMILES string of the molecule is CNC1CCC(Cc2c(Cl)c(C)nn2C)C1C. The summed E-state index contributed by atoms with van der Waals surface area (Å²) in [6.07, 6.45) is 3.61. The predicted octanol–water partition coefficient (Wildman–Crippen LogP) is 2.56. The van der Waals surface area contributed by atoms with E-state index in [1.54, 1.807) is 0 Å². The average molecular weight is 256 g/mol. The first kappa shape index (κ1) is 12.9. The molecule has 0 bridgehead atoms. The second-order valence-electron chi connectivity index (χ2n) is 5.27. The maximum Gasteiger partial charge on any atom is 0.0847 e. The van der Waals surface area contributed by atoms with Crippen molar-refractivity contribution in [1.29, 1.82) is 0 Å². The summed E-state index contributed by atoms with van der Waals surface area (Å²) < 4.78 is 1.94. The van der Waals surface area contributed by atoms with Crippen LogP contribution in [-0.2, 0) is 13.5 Å². The third-order valence-electron chi connectivity index (χ3n) is 4.31. The van der Waals surface area contributed by atoms with Crippen LogP contribution in [0.25, 0.3) is 0 Å². The smallest absolute Gasteiger partial charge is 0.0847 e. The number of hydrogen-bond donors (Lipinski definition) is 1. The molecule has 1 aliphatic rings. The van der Waals surface area contributed by atoms with Gasteiger partial charge in [-0.3, -0.25) is 4.68 Å². The highest BCUT2D eigenvalue weighted by atomic mass is 35.5. The Labute approximate surface area is 109 Å². The average Bonchev–Trinajstić information content (AvgIpc) is 2.75. The van der Waals surface area contributed by atoms with Gasteiger partial charge in [-0.05, 0) is 45.1 Å². The topological polar surface area (TPSA) is 29.9 Å². The van der Waals surface area contributed by atoms with Gasteiger partial charge >= 0.3 is 0 Å². The van der Waals surface area contributed by atoms with E-state index in [1.807, 2.05) is 18.7 Å². The lowest BCUT2D eigenvalue weighted by Crippen LogP contribution is -2.29. The van der Waals surface area contributed by atoms with E-state index in [1.165, 1.54) is 18.5 Å². The molecular weight excluding hydrogens is 234 g/mol. The van der Waals surface area contributed by atoms with E-state index in [0.29, 0.717) is 12.0 Å². The van der Waals surface area contributed by atoms with Crippen molar-refractivity contribution in [3.05, 3.63) is 16.4 Å². The number of aryl methyl sites for hydroxylation is 2. The minimum absolute atomic E-state index is 0.660. The van der Waals surface area contributed by atoms with E-state index < -0.39 is 0 Å². The van der Waals surface area contributed by atoms with Crippen molar-refractivity contribution in [2.45, 2.75) is 39.2 Å². The monoisotopic (exact) mass is 255 g/mol. The van der Waals surface area contributed by atoms with Gasteiger partial charge in [-0.15, -0.1) is 0 Å². The molecular formula is C13H22ClN3. The van der Waals surface area contributed by atoms with Gasteiger partial charge < -0.3 is 5.32 Å². The zero-order valence-corrected chi connectivity index (χ0v) is 11.9. The number of halogens is 1. The van der Waals surface area contributed by atoms with Crippen molar-refractivity contribution < 1.29 is 0 Å². The summed E-state index contributed by atoms with van der Waals surface area (Å²) in [6, 6.07) is 0.660. The third-order valence-corrected chi connectivity index (χ3v) is 4.81. The zero-order chi connectivity index (χ0) is 12.6. The molecule has 1 heterocycles. The molecule has 1 aliphatic carbocycles. The Morgan fingerprint density at radius 1 is 1.47 bits per heavy atom. The van der Waals surface area contributed by atoms with E-state index in [2.05, 4.69) is 24.4 Å². The fraction of sp³-hybridized carbons (Fsp3) is 0.769. The highest BCUT2D eigenvalue weighted by molar-refractivity contribution is 6.31. The molecule has 1 saturated carbocycles. The molecule has 1 aromatic rings. The van der Waals surface area contributed by atoms with Gasteiger partial charge in [-0.25, -0.2) is 0 Å². The van der Waals surface area contributed by atoms with Gasteiger partial charge in [-0.1, -0.05) is 18.5 Å². The summed E-state index contributed by atoms with van der Waals surface area (Å²) >= 11 is 6.31. The Morgan fingerprint density at radius 2 is 2.18 bits per heavy atom. The van der Waals surface area contributed by atoms with E-state index in [9.17, 15) is 0 Å². The van der Waals surface area contributed by atoms with Crippen LogP contribution in [0.4, 0.5) is 0 Å². The summed E-state index contributed by atoms with van der Waals surface area (Å²) in [6.45, 7) is 4.32. The fourth-order valence-electron chi connectivity index (χ4n) is 3.09. The molecule has 0 aromatic carbocycles. The van der Waals surface area contributed by atoms with Gasteiger partial charge in [0.15, 0.2) is 0 Å². The van der Waals surface area contributed by atoms with Crippen LogP contribution in [0.15, 0.2) is 0 Å². The van der Waals surface area contributed by atoms with E-state index in [4.69, 9.17) is 11.6 Å². The first-order valence-electron chi connectivity index (χ1n) is 6.39. The quantitative estimate of drug-likeness (QED) is 0.900. The molecule has 0 aliphatic heterocycles. The molecule has 1 fully saturated rings. The lowest BCUT2D eigenvalue weighted by atomic mass is 9.91. The molecule has 3 unspecified atom stereocenters. The Bertz CT molecular complexity index is 400. The summed E-state index contributed by atoms with van der Waals surface area (Å²) in [5, 5.41) is 8.65. The molecule has 4 heteroatoms. The van der Waals surface area contributed by atoms with E-state index >= 15 is 0 Å². The second-order valence-corrected chi connectivity index (χ2v) is 5.64. The zero-order valence-electron chi connectivity index (χ0n) is 11.1. The Balaban J connectivity index is 2.11. The normalized spacial score (nSPS) is 28.9. The van der Waals surface area contributed by atoms with Crippen LogP contribution in [-0.4, -0.2) is 22.9 Å². The molecule has 96 valence electrons. The summed E-state index contributed by atoms with van der Waals surface area (Å²) in [7, 11) is 4.05. The first-order valence-corrected chi connectivity index (χ1v) is 6.77. The van der Waals surface area contributed by atoms with Crippen LogP contribution in [0.1, 0.15) is 31.2 Å². The van der Waals surface area contributed by atoms with Crippen molar-refractivity contribution in [3.63, 3.8) is 0 Å². The van der Waals surface area contributed by atoms with E-state index in [-0.39, 0.29) is 0 Å². The molecule has 0 amide bonds. The number of hydrogen-bond acceptors (Lipinski definition) is 2. The maximum absolute atomic E-state index is 6.31. The molecule has 3 atom stereocenters. The number of rotatable bonds is 3. The lowest BCUT2D eigenvalue weighted by Gasteiger charge is -2.20. The minimum Gasteiger partial charge on any atom is -0.317 e. The van der Waals surface area contributed by atoms with Gasteiger partial charge in [0.2, 0.25) is 0 Å². The molecule has 0 saturated heterocycles. The molecule has 1 aromatic heterocycles. The summed E-state index contributed by atoms with van der Waals surface area (Å²) in [4.78, 5) is 0. The van der Waals surface area contributed by atoms with Crippen molar-refractivity contribution in [2.75, 3.05) is 7.05 Å². The molecule has 17 heavy (non-hydrogen) atoms. The van der Waals surface area contributed by atoms with Crippen molar-refractivity contribution in [3.8, 4) is 0 Å². The molecule has 0 radical (unpaired) electrons. The van der Waals surface area contributed by atoms with Gasteiger partial charge in [0.05, 0.1) is 16.4 Å². The molecule has 3 nitrogen and oxygen atoms in total. The number of nitrogens with zero attached hydrogens (tertiary/aromatic N) is 2. The van der Waals surface area contributed by atoms with Crippen LogP contribution in [0.3, 0.4) is 0 Å². The van der Waals surface area contributed by atoms with Crippen LogP contribution >= 0.6 is 11.6 Å². The largest absolute Gasteiger partial charge is 0.317 e. The Morgan fingerprint density at radius 3 is 2.65 bits per heavy atom. The van der Waals surface area contributed by atoms with Gasteiger partial charge in [0.1, 0.15) is 0 Å². The maximum atomic E-state index is 6.31. The standard InChI is InChI=1S/C13H22ClN3/c1-8-10(5-6-11(8)15-3)7-12-13(14)9(2)16-17(12)4/h8,10-11,15H,5-7H2,1-4H3. The second kappa shape index (κ2) is 4.99.